The van der Waals surface area contributed by atoms with Gasteiger partial charge < -0.3 is 15.3 Å². The van der Waals surface area contributed by atoms with E-state index in [0.29, 0.717) is 28.5 Å². The maximum atomic E-state index is 12.2. The molecule has 2 aromatic carbocycles. The second-order valence-electron chi connectivity index (χ2n) is 5.33. The maximum absolute atomic E-state index is 12.2. The van der Waals surface area contributed by atoms with Crippen LogP contribution >= 0.6 is 11.6 Å². The van der Waals surface area contributed by atoms with Gasteiger partial charge in [-0.15, -0.1) is 0 Å². The van der Waals surface area contributed by atoms with Crippen LogP contribution < -0.4 is 10.2 Å². The SMILES string of the molecule is CN(CCC#N)c1ccc(NC(=O)c2ccc(Cl)cc2)cc1C(=O)O. The highest BCUT2D eigenvalue weighted by molar-refractivity contribution is 6.30. The van der Waals surface area contributed by atoms with Crippen LogP contribution in [0.3, 0.4) is 0 Å². The number of carboxylic acids is 1. The first-order valence-electron chi connectivity index (χ1n) is 7.44. The summed E-state index contributed by atoms with van der Waals surface area (Å²) < 4.78 is 0. The third kappa shape index (κ3) is 4.72. The molecule has 0 saturated heterocycles. The van der Waals surface area contributed by atoms with Crippen molar-refractivity contribution in [1.82, 2.24) is 0 Å². The molecule has 0 spiro atoms. The Hall–Kier alpha value is -3.04. The summed E-state index contributed by atoms with van der Waals surface area (Å²) >= 11 is 5.79. The summed E-state index contributed by atoms with van der Waals surface area (Å²) in [5.41, 5.74) is 1.31. The van der Waals surface area contributed by atoms with Gasteiger partial charge in [-0.1, -0.05) is 11.6 Å². The Morgan fingerprint density at radius 3 is 2.52 bits per heavy atom. The third-order valence-corrected chi connectivity index (χ3v) is 3.81. The van der Waals surface area contributed by atoms with E-state index in [1.165, 1.54) is 6.07 Å². The summed E-state index contributed by atoms with van der Waals surface area (Å²) in [5, 5.41) is 21.3. The first kappa shape index (κ1) is 18.3. The first-order valence-corrected chi connectivity index (χ1v) is 7.82. The number of carbonyl (C=O) groups is 2. The van der Waals surface area contributed by atoms with Crippen molar-refractivity contribution in [1.29, 1.82) is 5.26 Å². The minimum absolute atomic E-state index is 0.0503. The highest BCUT2D eigenvalue weighted by Crippen LogP contribution is 2.24. The van der Waals surface area contributed by atoms with Gasteiger partial charge in [0.05, 0.1) is 23.7 Å². The molecule has 0 aliphatic rings. The van der Waals surface area contributed by atoms with E-state index in [0.717, 1.165) is 0 Å². The van der Waals surface area contributed by atoms with Gasteiger partial charge in [-0.05, 0) is 42.5 Å². The number of halogens is 1. The van der Waals surface area contributed by atoms with Gasteiger partial charge in [0, 0.05) is 29.9 Å². The number of hydrogen-bond donors (Lipinski definition) is 2. The fraction of sp³-hybridized carbons (Fsp3) is 0.167. The number of hydrogen-bond acceptors (Lipinski definition) is 4. The Balaban J connectivity index is 2.23. The number of nitriles is 1. The van der Waals surface area contributed by atoms with Gasteiger partial charge in [0.25, 0.3) is 5.91 Å². The molecule has 0 bridgehead atoms. The van der Waals surface area contributed by atoms with Gasteiger partial charge >= 0.3 is 5.97 Å². The van der Waals surface area contributed by atoms with Crippen molar-refractivity contribution in [3.8, 4) is 6.07 Å². The number of nitrogens with zero attached hydrogens (tertiary/aromatic N) is 2. The molecular formula is C18H16ClN3O3. The van der Waals surface area contributed by atoms with Crippen LogP contribution in [0.1, 0.15) is 27.1 Å². The summed E-state index contributed by atoms with van der Waals surface area (Å²) in [6.45, 7) is 0.410. The fourth-order valence-corrected chi connectivity index (χ4v) is 2.39. The van der Waals surface area contributed by atoms with Crippen molar-refractivity contribution < 1.29 is 14.7 Å². The molecule has 0 aliphatic heterocycles. The Kier molecular flexibility index (Phi) is 5.98. The molecule has 2 aromatic rings. The molecule has 128 valence electrons. The summed E-state index contributed by atoms with van der Waals surface area (Å²) in [4.78, 5) is 25.4. The normalized spacial score (nSPS) is 9.96. The highest BCUT2D eigenvalue weighted by atomic mass is 35.5. The molecule has 25 heavy (non-hydrogen) atoms. The average Bonchev–Trinajstić information content (AvgIpc) is 2.60. The number of aromatic carboxylic acids is 1. The van der Waals surface area contributed by atoms with Gasteiger partial charge in [0.15, 0.2) is 0 Å². The number of carboxylic acid groups (broad SMARTS) is 1. The average molecular weight is 358 g/mol. The van der Waals surface area contributed by atoms with E-state index in [9.17, 15) is 14.7 Å². The van der Waals surface area contributed by atoms with Crippen LogP contribution in [0.5, 0.6) is 0 Å². The largest absolute Gasteiger partial charge is 0.478 e. The Morgan fingerprint density at radius 1 is 1.24 bits per heavy atom. The Labute approximate surface area is 150 Å². The molecule has 0 heterocycles. The monoisotopic (exact) mass is 357 g/mol. The highest BCUT2D eigenvalue weighted by Gasteiger charge is 2.15. The minimum atomic E-state index is -1.11. The molecule has 0 fully saturated rings. The molecule has 0 radical (unpaired) electrons. The van der Waals surface area contributed by atoms with Gasteiger partial charge in [0.2, 0.25) is 0 Å². The molecule has 0 unspecified atom stereocenters. The van der Waals surface area contributed by atoms with Crippen LogP contribution in [0, 0.1) is 11.3 Å². The van der Waals surface area contributed by atoms with E-state index in [-0.39, 0.29) is 17.9 Å². The molecule has 2 N–H and O–H groups in total. The number of benzene rings is 2. The molecule has 6 nitrogen and oxygen atoms in total. The van der Waals surface area contributed by atoms with Crippen molar-refractivity contribution in [2.45, 2.75) is 6.42 Å². The smallest absolute Gasteiger partial charge is 0.337 e. The summed E-state index contributed by atoms with van der Waals surface area (Å²) in [6, 6.07) is 13.0. The first-order chi connectivity index (χ1) is 11.9. The van der Waals surface area contributed by atoms with Crippen LogP contribution in [0.4, 0.5) is 11.4 Å². The Bertz CT molecular complexity index is 828. The summed E-state index contributed by atoms with van der Waals surface area (Å²) in [5.74, 6) is -1.47. The molecule has 0 aliphatic carbocycles. The zero-order chi connectivity index (χ0) is 18.4. The van der Waals surface area contributed by atoms with Gasteiger partial charge in [-0.3, -0.25) is 4.79 Å². The van der Waals surface area contributed by atoms with Crippen LogP contribution in [0.2, 0.25) is 5.02 Å². The van der Waals surface area contributed by atoms with Crippen LogP contribution in [-0.2, 0) is 0 Å². The van der Waals surface area contributed by atoms with E-state index in [4.69, 9.17) is 16.9 Å². The predicted molar refractivity (Wildman–Crippen MR) is 96.3 cm³/mol. The van der Waals surface area contributed by atoms with Crippen LogP contribution in [0.15, 0.2) is 42.5 Å². The lowest BCUT2D eigenvalue weighted by Gasteiger charge is -2.20. The zero-order valence-electron chi connectivity index (χ0n) is 13.5. The summed E-state index contributed by atoms with van der Waals surface area (Å²) in [7, 11) is 1.71. The predicted octanol–water partition coefficient (Wildman–Crippen LogP) is 3.64. The third-order valence-electron chi connectivity index (χ3n) is 3.56. The van der Waals surface area contributed by atoms with Crippen molar-refractivity contribution >= 4 is 34.9 Å². The minimum Gasteiger partial charge on any atom is -0.478 e. The molecule has 0 aromatic heterocycles. The van der Waals surface area contributed by atoms with Crippen LogP contribution in [-0.4, -0.2) is 30.6 Å². The molecule has 0 atom stereocenters. The zero-order valence-corrected chi connectivity index (χ0v) is 14.2. The standard InChI is InChI=1S/C18H16ClN3O3/c1-22(10-2-9-20)16-8-7-14(11-15(16)18(24)25)21-17(23)12-3-5-13(19)6-4-12/h3-8,11H,2,10H2,1H3,(H,21,23)(H,24,25). The number of anilines is 2. The molecule has 2 rings (SSSR count). The van der Waals surface area contributed by atoms with Crippen molar-refractivity contribution in [3.63, 3.8) is 0 Å². The lowest BCUT2D eigenvalue weighted by atomic mass is 10.1. The molecule has 0 saturated carbocycles. The van der Waals surface area contributed by atoms with Gasteiger partial charge in [-0.2, -0.15) is 5.26 Å². The lowest BCUT2D eigenvalue weighted by molar-refractivity contribution is 0.0697. The number of carbonyl (C=O) groups excluding carboxylic acids is 1. The quantitative estimate of drug-likeness (QED) is 0.823. The van der Waals surface area contributed by atoms with Gasteiger partial charge in [0.1, 0.15) is 0 Å². The molecular weight excluding hydrogens is 342 g/mol. The molecule has 7 heteroatoms. The van der Waals surface area contributed by atoms with Crippen molar-refractivity contribution in [2.24, 2.45) is 0 Å². The van der Waals surface area contributed by atoms with Gasteiger partial charge in [-0.25, -0.2) is 4.79 Å². The summed E-state index contributed by atoms with van der Waals surface area (Å²) in [6.07, 6.45) is 0.282. The Morgan fingerprint density at radius 2 is 1.92 bits per heavy atom. The van der Waals surface area contributed by atoms with E-state index in [1.807, 2.05) is 6.07 Å². The van der Waals surface area contributed by atoms with Crippen molar-refractivity contribution in [3.05, 3.63) is 58.6 Å². The second-order valence-corrected chi connectivity index (χ2v) is 5.76. The number of rotatable bonds is 6. The second kappa shape index (κ2) is 8.18. The maximum Gasteiger partial charge on any atom is 0.337 e. The number of nitrogens with one attached hydrogen (secondary N) is 1. The number of amides is 1. The van der Waals surface area contributed by atoms with E-state index < -0.39 is 5.97 Å². The lowest BCUT2D eigenvalue weighted by Crippen LogP contribution is -2.21. The van der Waals surface area contributed by atoms with E-state index in [1.54, 1.807) is 48.3 Å². The van der Waals surface area contributed by atoms with Crippen molar-refractivity contribution in [2.75, 3.05) is 23.8 Å². The van der Waals surface area contributed by atoms with E-state index in [2.05, 4.69) is 5.32 Å². The fourth-order valence-electron chi connectivity index (χ4n) is 2.26. The molecule has 1 amide bonds. The van der Waals surface area contributed by atoms with Crippen LogP contribution in [0.25, 0.3) is 0 Å². The van der Waals surface area contributed by atoms with E-state index >= 15 is 0 Å². The topological polar surface area (TPSA) is 93.4 Å².